The van der Waals surface area contributed by atoms with Gasteiger partial charge in [-0.1, -0.05) is 37.6 Å². The van der Waals surface area contributed by atoms with Gasteiger partial charge in [-0.15, -0.1) is 0 Å². The molecule has 4 aliphatic rings. The summed E-state index contributed by atoms with van der Waals surface area (Å²) in [5.41, 5.74) is 0.711. The highest BCUT2D eigenvalue weighted by Crippen LogP contribution is 2.52. The van der Waals surface area contributed by atoms with Crippen LogP contribution >= 0.6 is 0 Å². The van der Waals surface area contributed by atoms with E-state index in [-0.39, 0.29) is 5.91 Å². The second kappa shape index (κ2) is 5.19. The van der Waals surface area contributed by atoms with Gasteiger partial charge in [0.15, 0.2) is 0 Å². The lowest BCUT2D eigenvalue weighted by Gasteiger charge is -2.36. The van der Waals surface area contributed by atoms with Gasteiger partial charge in [-0.25, -0.2) is 0 Å². The number of likely N-dealkylation sites (tertiary alicyclic amines) is 1. The number of allylic oxidation sites excluding steroid dienone is 2. The smallest absolute Gasteiger partial charge is 0.310 e. The molecule has 2 fully saturated rings. The number of nitrogens with zero attached hydrogens (tertiary/aromatic N) is 1. The zero-order valence-electron chi connectivity index (χ0n) is 14.4. The number of fused-ring (bicyclic) bond motifs is 1. The van der Waals surface area contributed by atoms with Crippen molar-refractivity contribution in [2.24, 2.45) is 29.6 Å². The fourth-order valence-corrected chi connectivity index (χ4v) is 5.43. The molecule has 1 spiro atoms. The molecular formula is C19H25NO4. The van der Waals surface area contributed by atoms with Crippen molar-refractivity contribution >= 4 is 11.9 Å². The maximum absolute atomic E-state index is 13.0. The van der Waals surface area contributed by atoms with Crippen molar-refractivity contribution < 1.29 is 19.4 Å². The van der Waals surface area contributed by atoms with Crippen LogP contribution in [-0.2, 0) is 14.3 Å². The van der Waals surface area contributed by atoms with E-state index < -0.39 is 29.5 Å². The molecule has 24 heavy (non-hydrogen) atoms. The lowest BCUT2D eigenvalue weighted by Crippen LogP contribution is -2.41. The Morgan fingerprint density at radius 2 is 2.21 bits per heavy atom. The summed E-state index contributed by atoms with van der Waals surface area (Å²) in [4.78, 5) is 26.5. The number of hydrogen-bond donors (Lipinski definition) is 1. The highest BCUT2D eigenvalue weighted by atomic mass is 16.5. The quantitative estimate of drug-likeness (QED) is 0.804. The molecule has 5 nitrogen and oxygen atoms in total. The van der Waals surface area contributed by atoms with Crippen molar-refractivity contribution in [3.05, 3.63) is 23.8 Å². The van der Waals surface area contributed by atoms with Crippen LogP contribution in [0.25, 0.3) is 0 Å². The molecule has 7 atom stereocenters. The summed E-state index contributed by atoms with van der Waals surface area (Å²) in [6.07, 6.45) is 6.69. The standard InChI is InChI=1S/C19H25NO4/c1-10-6-11(2)13(12(3)7-10)8-20-9-19-5-4-14(24-19)15(18(22)23)16(19)17(20)21/h4-6,11-16H,7-9H2,1-3H3,(H,22,23)/t11-,12-,13+,14+,15-,16-,19+/m1/s1. The fourth-order valence-electron chi connectivity index (χ4n) is 5.43. The SMILES string of the molecule is CC1=C[C@@H](C)[C@H](CN2C[C@]34C=C[C@H](O3)[C@@H](C(=O)O)[C@@H]4C2=O)[C@H](C)C1. The van der Waals surface area contributed by atoms with E-state index >= 15 is 0 Å². The zero-order valence-corrected chi connectivity index (χ0v) is 14.4. The van der Waals surface area contributed by atoms with Gasteiger partial charge in [-0.3, -0.25) is 9.59 Å². The molecule has 1 amide bonds. The maximum atomic E-state index is 13.0. The number of carboxylic acid groups (broad SMARTS) is 1. The molecule has 1 aliphatic carbocycles. The van der Waals surface area contributed by atoms with Crippen molar-refractivity contribution in [3.8, 4) is 0 Å². The highest BCUT2D eigenvalue weighted by molar-refractivity contribution is 5.90. The molecule has 2 bridgehead atoms. The van der Waals surface area contributed by atoms with Gasteiger partial charge in [0.05, 0.1) is 18.6 Å². The van der Waals surface area contributed by atoms with E-state index in [2.05, 4.69) is 26.8 Å². The zero-order chi connectivity index (χ0) is 17.2. The first kappa shape index (κ1) is 15.9. The summed E-state index contributed by atoms with van der Waals surface area (Å²) in [6.45, 7) is 7.82. The summed E-state index contributed by atoms with van der Waals surface area (Å²) in [5.74, 6) is -0.893. The minimum absolute atomic E-state index is 0.0417. The maximum Gasteiger partial charge on any atom is 0.310 e. The number of ether oxygens (including phenoxy) is 1. The molecule has 0 aromatic carbocycles. The normalized spacial score (nSPS) is 46.4. The van der Waals surface area contributed by atoms with Gasteiger partial charge in [0.25, 0.3) is 0 Å². The monoisotopic (exact) mass is 331 g/mol. The Bertz CT molecular complexity index is 654. The second-order valence-electron chi connectivity index (χ2n) is 8.17. The number of rotatable bonds is 3. The van der Waals surface area contributed by atoms with Gasteiger partial charge in [0.1, 0.15) is 11.5 Å². The van der Waals surface area contributed by atoms with Crippen LogP contribution in [0.4, 0.5) is 0 Å². The van der Waals surface area contributed by atoms with Gasteiger partial charge in [-0.2, -0.15) is 0 Å². The molecule has 1 N–H and O–H groups in total. The van der Waals surface area contributed by atoms with E-state index in [1.807, 2.05) is 17.1 Å². The molecule has 3 aliphatic heterocycles. The molecule has 4 rings (SSSR count). The third-order valence-corrected chi connectivity index (χ3v) is 6.49. The first-order valence-corrected chi connectivity index (χ1v) is 8.88. The topological polar surface area (TPSA) is 66.8 Å². The number of carbonyl (C=O) groups excluding carboxylic acids is 1. The Morgan fingerprint density at radius 3 is 2.88 bits per heavy atom. The van der Waals surface area contributed by atoms with E-state index in [1.54, 1.807) is 0 Å². The number of hydrogen-bond acceptors (Lipinski definition) is 3. The number of carboxylic acids is 1. The van der Waals surface area contributed by atoms with E-state index in [4.69, 9.17) is 4.74 Å². The Labute approximate surface area is 142 Å². The van der Waals surface area contributed by atoms with Crippen molar-refractivity contribution in [1.29, 1.82) is 0 Å². The van der Waals surface area contributed by atoms with Crippen molar-refractivity contribution in [3.63, 3.8) is 0 Å². The van der Waals surface area contributed by atoms with Crippen molar-refractivity contribution in [2.75, 3.05) is 13.1 Å². The average Bonchev–Trinajstić information content (AvgIpc) is 3.11. The van der Waals surface area contributed by atoms with Crippen molar-refractivity contribution in [1.82, 2.24) is 4.90 Å². The van der Waals surface area contributed by atoms with Crippen LogP contribution in [0, 0.1) is 29.6 Å². The van der Waals surface area contributed by atoms with Crippen LogP contribution in [0.1, 0.15) is 27.2 Å². The van der Waals surface area contributed by atoms with Crippen molar-refractivity contribution in [2.45, 2.75) is 38.9 Å². The van der Waals surface area contributed by atoms with E-state index in [9.17, 15) is 14.7 Å². The van der Waals surface area contributed by atoms with E-state index in [0.717, 1.165) is 6.42 Å². The van der Waals surface area contributed by atoms with Crippen LogP contribution in [0.15, 0.2) is 23.8 Å². The molecule has 5 heteroatoms. The summed E-state index contributed by atoms with van der Waals surface area (Å²) in [6, 6.07) is 0. The first-order chi connectivity index (χ1) is 11.3. The molecule has 3 heterocycles. The van der Waals surface area contributed by atoms with Gasteiger partial charge in [-0.05, 0) is 31.1 Å². The van der Waals surface area contributed by atoms with Gasteiger partial charge in [0, 0.05) is 6.54 Å². The minimum atomic E-state index is -0.926. The Hall–Kier alpha value is -1.62. The van der Waals surface area contributed by atoms with Crippen LogP contribution < -0.4 is 0 Å². The molecular weight excluding hydrogens is 306 g/mol. The van der Waals surface area contributed by atoms with Crippen LogP contribution in [-0.4, -0.2) is 46.7 Å². The number of carbonyl (C=O) groups is 2. The van der Waals surface area contributed by atoms with Crippen LogP contribution in [0.5, 0.6) is 0 Å². The molecule has 0 unspecified atom stereocenters. The molecule has 0 aromatic heterocycles. The number of aliphatic carboxylic acids is 1. The molecule has 0 radical (unpaired) electrons. The van der Waals surface area contributed by atoms with E-state index in [1.165, 1.54) is 5.57 Å². The fraction of sp³-hybridized carbons (Fsp3) is 0.684. The van der Waals surface area contributed by atoms with Gasteiger partial charge >= 0.3 is 5.97 Å². The molecule has 130 valence electrons. The Balaban J connectivity index is 1.56. The Morgan fingerprint density at radius 1 is 1.46 bits per heavy atom. The van der Waals surface area contributed by atoms with Crippen LogP contribution in [0.2, 0.25) is 0 Å². The lowest BCUT2D eigenvalue weighted by molar-refractivity contribution is -0.148. The Kier molecular flexibility index (Phi) is 3.43. The average molecular weight is 331 g/mol. The lowest BCUT2D eigenvalue weighted by atomic mass is 9.75. The minimum Gasteiger partial charge on any atom is -0.481 e. The first-order valence-electron chi connectivity index (χ1n) is 8.88. The van der Waals surface area contributed by atoms with Gasteiger partial charge < -0.3 is 14.7 Å². The predicted molar refractivity (Wildman–Crippen MR) is 88.1 cm³/mol. The third-order valence-electron chi connectivity index (χ3n) is 6.49. The number of amides is 1. The molecule has 0 aromatic rings. The second-order valence-corrected chi connectivity index (χ2v) is 8.17. The van der Waals surface area contributed by atoms with Gasteiger partial charge in [0.2, 0.25) is 5.91 Å². The predicted octanol–water partition coefficient (Wildman–Crippen LogP) is 2.09. The summed E-state index contributed by atoms with van der Waals surface area (Å²) < 4.78 is 5.95. The van der Waals surface area contributed by atoms with Crippen LogP contribution in [0.3, 0.4) is 0 Å². The third kappa shape index (κ3) is 2.10. The highest BCUT2D eigenvalue weighted by Gasteiger charge is 2.67. The summed E-state index contributed by atoms with van der Waals surface area (Å²) in [7, 11) is 0. The summed E-state index contributed by atoms with van der Waals surface area (Å²) in [5, 5.41) is 9.53. The molecule has 2 saturated heterocycles. The summed E-state index contributed by atoms with van der Waals surface area (Å²) >= 11 is 0. The largest absolute Gasteiger partial charge is 0.481 e. The van der Waals surface area contributed by atoms with E-state index in [0.29, 0.717) is 30.8 Å². The molecule has 0 saturated carbocycles.